The van der Waals surface area contributed by atoms with Gasteiger partial charge in [-0.15, -0.1) is 0 Å². The highest BCUT2D eigenvalue weighted by Gasteiger charge is 2.23. The largest absolute Gasteiger partial charge is 0.359 e. The first-order chi connectivity index (χ1) is 14.2. The summed E-state index contributed by atoms with van der Waals surface area (Å²) < 4.78 is 1.90. The van der Waals surface area contributed by atoms with Gasteiger partial charge in [-0.2, -0.15) is 5.10 Å². The number of carbonyl (C=O) groups is 1. The number of aliphatic imine (C=N–C) groups is 1. The van der Waals surface area contributed by atoms with Crippen LogP contribution in [0.15, 0.2) is 47.7 Å². The number of guanidine groups is 1. The lowest BCUT2D eigenvalue weighted by atomic mass is 9.93. The van der Waals surface area contributed by atoms with E-state index in [9.17, 15) is 4.79 Å². The highest BCUT2D eigenvalue weighted by molar-refractivity contribution is 5.80. The molecule has 156 valence electrons. The van der Waals surface area contributed by atoms with Crippen LogP contribution in [0.3, 0.4) is 0 Å². The monoisotopic (exact) mass is 396 g/mol. The van der Waals surface area contributed by atoms with E-state index in [4.69, 9.17) is 4.99 Å². The number of aromatic nitrogens is 2. The number of piperidine rings is 1. The summed E-state index contributed by atoms with van der Waals surface area (Å²) in [6.45, 7) is 5.56. The third-order valence-electron chi connectivity index (χ3n) is 5.32. The molecule has 3 rings (SSSR count). The minimum absolute atomic E-state index is 0.139. The molecule has 1 aliphatic heterocycles. The molecule has 1 fully saturated rings. The van der Waals surface area contributed by atoms with E-state index in [-0.39, 0.29) is 5.91 Å². The summed E-state index contributed by atoms with van der Waals surface area (Å²) in [5, 5.41) is 10.6. The van der Waals surface area contributed by atoms with E-state index in [1.165, 1.54) is 5.56 Å². The van der Waals surface area contributed by atoms with Crippen molar-refractivity contribution in [3.63, 3.8) is 0 Å². The minimum atomic E-state index is 0.139. The Balaban J connectivity index is 1.52. The lowest BCUT2D eigenvalue weighted by Gasteiger charge is -2.34. The molecule has 1 saturated heterocycles. The van der Waals surface area contributed by atoms with Gasteiger partial charge in [-0.3, -0.25) is 9.79 Å². The van der Waals surface area contributed by atoms with Gasteiger partial charge in [0, 0.05) is 45.8 Å². The van der Waals surface area contributed by atoms with Crippen molar-refractivity contribution >= 4 is 11.9 Å². The van der Waals surface area contributed by atoms with Crippen molar-refractivity contribution < 1.29 is 4.79 Å². The predicted molar refractivity (Wildman–Crippen MR) is 116 cm³/mol. The van der Waals surface area contributed by atoms with Crippen molar-refractivity contribution in [3.05, 3.63) is 48.3 Å². The minimum Gasteiger partial charge on any atom is -0.359 e. The number of amides is 1. The predicted octanol–water partition coefficient (Wildman–Crippen LogP) is 2.23. The van der Waals surface area contributed by atoms with Crippen molar-refractivity contribution in [2.45, 2.75) is 32.6 Å². The topological polar surface area (TPSA) is 74.5 Å². The lowest BCUT2D eigenvalue weighted by Crippen LogP contribution is -2.46. The number of carbonyl (C=O) groups excluding carboxylic acids is 1. The Kier molecular flexibility index (Phi) is 7.67. The Hall–Kier alpha value is -2.83. The van der Waals surface area contributed by atoms with Crippen LogP contribution in [0.5, 0.6) is 0 Å². The van der Waals surface area contributed by atoms with Crippen LogP contribution < -0.4 is 10.6 Å². The van der Waals surface area contributed by atoms with Crippen LogP contribution in [0.2, 0.25) is 0 Å². The zero-order valence-electron chi connectivity index (χ0n) is 17.5. The molecule has 2 N–H and O–H groups in total. The number of benzene rings is 1. The molecule has 7 heteroatoms. The molecule has 2 heterocycles. The van der Waals surface area contributed by atoms with E-state index in [1.54, 1.807) is 7.05 Å². The Bertz CT molecular complexity index is 793. The molecular weight excluding hydrogens is 364 g/mol. The number of para-hydroxylation sites is 1. The summed E-state index contributed by atoms with van der Waals surface area (Å²) in [6.07, 6.45) is 7.53. The molecule has 0 atom stereocenters. The third-order valence-corrected chi connectivity index (χ3v) is 5.32. The van der Waals surface area contributed by atoms with Crippen LogP contribution >= 0.6 is 0 Å². The fourth-order valence-corrected chi connectivity index (χ4v) is 3.64. The average Bonchev–Trinajstić information content (AvgIpc) is 3.23. The zero-order valence-corrected chi connectivity index (χ0v) is 17.5. The van der Waals surface area contributed by atoms with Crippen LogP contribution in [0.25, 0.3) is 5.69 Å². The smallest absolute Gasteiger partial charge is 0.220 e. The summed E-state index contributed by atoms with van der Waals surface area (Å²) in [5.74, 6) is 1.58. The SMILES string of the molecule is CCNC(=NCCc1cnn(-c2ccccc2)c1)N1CCC(CC(=O)NC)CC1. The fourth-order valence-electron chi connectivity index (χ4n) is 3.64. The average molecular weight is 397 g/mol. The molecule has 7 nitrogen and oxygen atoms in total. The summed E-state index contributed by atoms with van der Waals surface area (Å²) in [5.41, 5.74) is 2.24. The van der Waals surface area contributed by atoms with Crippen LogP contribution in [-0.2, 0) is 11.2 Å². The molecule has 0 saturated carbocycles. The van der Waals surface area contributed by atoms with E-state index < -0.39 is 0 Å². The first kappa shape index (κ1) is 20.9. The second kappa shape index (κ2) is 10.6. The molecule has 1 amide bonds. The number of likely N-dealkylation sites (tertiary alicyclic amines) is 1. The first-order valence-corrected chi connectivity index (χ1v) is 10.5. The van der Waals surface area contributed by atoms with Gasteiger partial charge in [0.15, 0.2) is 5.96 Å². The van der Waals surface area contributed by atoms with Crippen LogP contribution in [0, 0.1) is 5.92 Å². The van der Waals surface area contributed by atoms with Crippen LogP contribution in [0.4, 0.5) is 0 Å². The Morgan fingerprint density at radius 1 is 1.24 bits per heavy atom. The van der Waals surface area contributed by atoms with Crippen molar-refractivity contribution in [1.82, 2.24) is 25.3 Å². The van der Waals surface area contributed by atoms with E-state index in [2.05, 4.69) is 33.8 Å². The zero-order chi connectivity index (χ0) is 20.5. The molecule has 2 aromatic rings. The number of rotatable bonds is 7. The number of hydrogen-bond donors (Lipinski definition) is 2. The van der Waals surface area contributed by atoms with E-state index in [0.717, 1.165) is 57.1 Å². The number of hydrogen-bond acceptors (Lipinski definition) is 3. The molecule has 0 spiro atoms. The van der Waals surface area contributed by atoms with Crippen LogP contribution in [0.1, 0.15) is 31.7 Å². The molecular formula is C22H32N6O. The number of nitrogens with one attached hydrogen (secondary N) is 2. The van der Waals surface area contributed by atoms with Gasteiger partial charge in [-0.25, -0.2) is 4.68 Å². The molecule has 0 radical (unpaired) electrons. The normalized spacial score (nSPS) is 15.4. The van der Waals surface area contributed by atoms with E-state index in [1.807, 2.05) is 41.2 Å². The summed E-state index contributed by atoms with van der Waals surface area (Å²) in [7, 11) is 1.71. The van der Waals surface area contributed by atoms with Crippen LogP contribution in [-0.4, -0.2) is 59.8 Å². The Labute approximate surface area is 173 Å². The van der Waals surface area contributed by atoms with E-state index >= 15 is 0 Å². The number of nitrogens with zero attached hydrogens (tertiary/aromatic N) is 4. The van der Waals surface area contributed by atoms with Gasteiger partial charge < -0.3 is 15.5 Å². The molecule has 1 aromatic heterocycles. The maximum absolute atomic E-state index is 11.6. The summed E-state index contributed by atoms with van der Waals surface area (Å²) in [6, 6.07) is 10.1. The van der Waals surface area contributed by atoms with Crippen molar-refractivity contribution in [2.75, 3.05) is 33.2 Å². The lowest BCUT2D eigenvalue weighted by molar-refractivity contribution is -0.121. The summed E-state index contributed by atoms with van der Waals surface area (Å²) >= 11 is 0. The highest BCUT2D eigenvalue weighted by Crippen LogP contribution is 2.20. The maximum Gasteiger partial charge on any atom is 0.220 e. The summed E-state index contributed by atoms with van der Waals surface area (Å²) in [4.78, 5) is 18.7. The molecule has 29 heavy (non-hydrogen) atoms. The van der Waals surface area contributed by atoms with Crippen molar-refractivity contribution in [3.8, 4) is 5.69 Å². The molecule has 0 unspecified atom stereocenters. The Morgan fingerprint density at radius 2 is 2.00 bits per heavy atom. The molecule has 0 aliphatic carbocycles. The second-order valence-electron chi connectivity index (χ2n) is 7.42. The fraction of sp³-hybridized carbons (Fsp3) is 0.500. The molecule has 1 aliphatic rings. The van der Waals surface area contributed by atoms with Gasteiger partial charge in [0.05, 0.1) is 11.9 Å². The van der Waals surface area contributed by atoms with Crippen molar-refractivity contribution in [1.29, 1.82) is 0 Å². The van der Waals surface area contributed by atoms with Crippen molar-refractivity contribution in [2.24, 2.45) is 10.9 Å². The first-order valence-electron chi connectivity index (χ1n) is 10.5. The van der Waals surface area contributed by atoms with Gasteiger partial charge in [0.25, 0.3) is 0 Å². The molecule has 1 aromatic carbocycles. The standard InChI is InChI=1S/C22H32N6O/c1-3-24-22(27-13-10-18(11-14-27)15-21(29)23-2)25-12-9-19-16-26-28(17-19)20-7-5-4-6-8-20/h4-8,16-18H,3,9-15H2,1-2H3,(H,23,29)(H,24,25). The van der Waals surface area contributed by atoms with Gasteiger partial charge in [-0.05, 0) is 49.8 Å². The van der Waals surface area contributed by atoms with Gasteiger partial charge >= 0.3 is 0 Å². The van der Waals surface area contributed by atoms with Gasteiger partial charge in [-0.1, -0.05) is 18.2 Å². The maximum atomic E-state index is 11.6. The van der Waals surface area contributed by atoms with E-state index in [0.29, 0.717) is 12.3 Å². The molecule has 0 bridgehead atoms. The van der Waals surface area contributed by atoms with Gasteiger partial charge in [0.1, 0.15) is 0 Å². The Morgan fingerprint density at radius 3 is 2.69 bits per heavy atom. The van der Waals surface area contributed by atoms with Gasteiger partial charge in [0.2, 0.25) is 5.91 Å². The second-order valence-corrected chi connectivity index (χ2v) is 7.42. The quantitative estimate of drug-likeness (QED) is 0.556. The highest BCUT2D eigenvalue weighted by atomic mass is 16.1. The third kappa shape index (κ3) is 6.07.